The van der Waals surface area contributed by atoms with Gasteiger partial charge in [0.15, 0.2) is 5.82 Å². The Labute approximate surface area is 146 Å². The number of rotatable bonds is 3. The minimum Gasteiger partial charge on any atom is -0.342 e. The van der Waals surface area contributed by atoms with Gasteiger partial charge >= 0.3 is 0 Å². The van der Waals surface area contributed by atoms with Crippen LogP contribution in [0.4, 0.5) is 0 Å². The number of piperidine rings is 1. The van der Waals surface area contributed by atoms with Gasteiger partial charge in [-0.2, -0.15) is 10.2 Å². The number of hydrogen-bond acceptors (Lipinski definition) is 5. The molecule has 0 saturated carbocycles. The zero-order chi connectivity index (χ0) is 17.4. The van der Waals surface area contributed by atoms with Gasteiger partial charge in [-0.25, -0.2) is 4.98 Å². The Hall–Kier alpha value is -2.22. The van der Waals surface area contributed by atoms with Crippen LogP contribution in [0.5, 0.6) is 0 Å². The smallest absolute Gasteiger partial charge is 0.226 e. The molecule has 4 rings (SSSR count). The van der Waals surface area contributed by atoms with Crippen molar-refractivity contribution in [2.24, 2.45) is 11.7 Å². The van der Waals surface area contributed by atoms with Crippen molar-refractivity contribution in [3.63, 3.8) is 0 Å². The van der Waals surface area contributed by atoms with Crippen LogP contribution in [0.25, 0.3) is 0 Å². The summed E-state index contributed by atoms with van der Waals surface area (Å²) in [5.41, 5.74) is 9.07. The number of aromatic amines is 2. The van der Waals surface area contributed by atoms with Crippen LogP contribution < -0.4 is 5.73 Å². The minimum atomic E-state index is 0.0905. The average molecular weight is 343 g/mol. The Balaban J connectivity index is 1.36. The van der Waals surface area contributed by atoms with Crippen LogP contribution in [0.15, 0.2) is 0 Å². The van der Waals surface area contributed by atoms with Crippen molar-refractivity contribution in [2.75, 3.05) is 13.1 Å². The highest BCUT2D eigenvalue weighted by Gasteiger charge is 2.33. The molecule has 3 heterocycles. The molecule has 2 aromatic heterocycles. The van der Waals surface area contributed by atoms with Crippen molar-refractivity contribution in [3.05, 3.63) is 28.6 Å². The molecule has 0 radical (unpaired) electrons. The Morgan fingerprint density at radius 2 is 2.04 bits per heavy atom. The van der Waals surface area contributed by atoms with Crippen molar-refractivity contribution < 1.29 is 4.79 Å². The second-order valence-electron chi connectivity index (χ2n) is 7.16. The number of H-pyrrole nitrogens is 2. The lowest BCUT2D eigenvalue weighted by Gasteiger charge is -2.34. The van der Waals surface area contributed by atoms with E-state index in [1.165, 1.54) is 5.56 Å². The lowest BCUT2D eigenvalue weighted by atomic mass is 9.85. The van der Waals surface area contributed by atoms with Gasteiger partial charge in [-0.05, 0) is 44.6 Å². The van der Waals surface area contributed by atoms with Crippen LogP contribution in [0.3, 0.4) is 0 Å². The maximum atomic E-state index is 12.9. The van der Waals surface area contributed by atoms with Crippen LogP contribution in [-0.2, 0) is 24.2 Å². The summed E-state index contributed by atoms with van der Waals surface area (Å²) in [7, 11) is 0. The molecule has 8 heteroatoms. The van der Waals surface area contributed by atoms with E-state index >= 15 is 0 Å². The maximum absolute atomic E-state index is 12.9. The van der Waals surface area contributed by atoms with Gasteiger partial charge in [0.2, 0.25) is 5.91 Å². The van der Waals surface area contributed by atoms with E-state index in [1.54, 1.807) is 0 Å². The first-order valence-corrected chi connectivity index (χ1v) is 9.08. The Bertz CT molecular complexity index is 757. The molecular formula is C17H25N7O. The summed E-state index contributed by atoms with van der Waals surface area (Å²) in [5.74, 6) is 2.26. The van der Waals surface area contributed by atoms with Gasteiger partial charge in [-0.3, -0.25) is 15.0 Å². The number of carbonyl (C=O) groups excluding carboxylic acids is 1. The van der Waals surface area contributed by atoms with E-state index in [-0.39, 0.29) is 5.92 Å². The van der Waals surface area contributed by atoms with Crippen molar-refractivity contribution in [3.8, 4) is 0 Å². The summed E-state index contributed by atoms with van der Waals surface area (Å²) in [6.07, 6.45) is 4.44. The van der Waals surface area contributed by atoms with Gasteiger partial charge in [0.1, 0.15) is 5.82 Å². The molecule has 1 aliphatic carbocycles. The highest BCUT2D eigenvalue weighted by molar-refractivity contribution is 5.79. The summed E-state index contributed by atoms with van der Waals surface area (Å²) >= 11 is 0. The van der Waals surface area contributed by atoms with Gasteiger partial charge in [-0.15, -0.1) is 0 Å². The molecule has 0 spiro atoms. The van der Waals surface area contributed by atoms with Crippen molar-refractivity contribution >= 4 is 5.91 Å². The van der Waals surface area contributed by atoms with E-state index in [9.17, 15) is 4.79 Å². The third-order valence-corrected chi connectivity index (χ3v) is 5.60. The van der Waals surface area contributed by atoms with Gasteiger partial charge in [-0.1, -0.05) is 0 Å². The molecule has 1 saturated heterocycles. The van der Waals surface area contributed by atoms with Crippen LogP contribution >= 0.6 is 0 Å². The number of likely N-dealkylation sites (tertiary alicyclic amines) is 1. The van der Waals surface area contributed by atoms with Gasteiger partial charge in [0, 0.05) is 30.6 Å². The molecule has 4 N–H and O–H groups in total. The zero-order valence-corrected chi connectivity index (χ0v) is 14.6. The summed E-state index contributed by atoms with van der Waals surface area (Å²) in [6, 6.07) is 0. The lowest BCUT2D eigenvalue weighted by Crippen LogP contribution is -2.43. The topological polar surface area (TPSA) is 117 Å². The van der Waals surface area contributed by atoms with E-state index in [1.807, 2.05) is 11.8 Å². The molecule has 2 aliphatic rings. The highest BCUT2D eigenvalue weighted by atomic mass is 16.2. The molecule has 2 aromatic rings. The largest absolute Gasteiger partial charge is 0.342 e. The predicted octanol–water partition coefficient (Wildman–Crippen LogP) is 0.806. The molecule has 1 aliphatic heterocycles. The Morgan fingerprint density at radius 3 is 2.76 bits per heavy atom. The third kappa shape index (κ3) is 3.06. The van der Waals surface area contributed by atoms with Crippen molar-refractivity contribution in [1.29, 1.82) is 0 Å². The molecule has 25 heavy (non-hydrogen) atoms. The average Bonchev–Trinajstić information content (AvgIpc) is 3.28. The standard InChI is InChI=1S/C17H25N7O/c1-10-13-8-12(2-3-14(13)21-20-10)17(25)24-6-4-11(5-7-24)16-19-15(9-18)22-23-16/h11-12H,2-9,18H2,1H3,(H,20,21)(H,19,22,23). The number of aryl methyl sites for hydroxylation is 2. The summed E-state index contributed by atoms with van der Waals surface area (Å²) in [6.45, 7) is 3.98. The fraction of sp³-hybridized carbons (Fsp3) is 0.647. The molecular weight excluding hydrogens is 318 g/mol. The van der Waals surface area contributed by atoms with E-state index in [2.05, 4.69) is 25.4 Å². The van der Waals surface area contributed by atoms with E-state index in [0.717, 1.165) is 68.2 Å². The molecule has 0 aromatic carbocycles. The van der Waals surface area contributed by atoms with Crippen molar-refractivity contribution in [2.45, 2.75) is 51.5 Å². The summed E-state index contributed by atoms with van der Waals surface area (Å²) < 4.78 is 0. The fourth-order valence-electron chi connectivity index (χ4n) is 4.05. The SMILES string of the molecule is Cc1[nH]nc2c1CC(C(=O)N1CCC(c3n[nH]c(CN)n3)CC1)CC2. The number of fused-ring (bicyclic) bond motifs is 1. The second-order valence-corrected chi connectivity index (χ2v) is 7.16. The normalized spacial score (nSPS) is 21.4. The second kappa shape index (κ2) is 6.59. The molecule has 0 bridgehead atoms. The van der Waals surface area contributed by atoms with Crippen LogP contribution in [0.1, 0.15) is 53.8 Å². The number of nitrogens with zero attached hydrogens (tertiary/aromatic N) is 4. The number of amides is 1. The zero-order valence-electron chi connectivity index (χ0n) is 14.6. The Morgan fingerprint density at radius 1 is 1.24 bits per heavy atom. The van der Waals surface area contributed by atoms with Gasteiger partial charge in [0.05, 0.1) is 12.2 Å². The number of aromatic nitrogens is 5. The van der Waals surface area contributed by atoms with Gasteiger partial charge < -0.3 is 10.6 Å². The van der Waals surface area contributed by atoms with E-state index in [0.29, 0.717) is 18.4 Å². The summed E-state index contributed by atoms with van der Waals surface area (Å²) in [5, 5.41) is 14.5. The quantitative estimate of drug-likeness (QED) is 0.762. The molecule has 1 unspecified atom stereocenters. The molecule has 8 nitrogen and oxygen atoms in total. The minimum absolute atomic E-state index is 0.0905. The number of carbonyl (C=O) groups is 1. The molecule has 134 valence electrons. The number of nitrogens with one attached hydrogen (secondary N) is 2. The van der Waals surface area contributed by atoms with Gasteiger partial charge in [0.25, 0.3) is 0 Å². The van der Waals surface area contributed by atoms with Crippen LogP contribution in [0.2, 0.25) is 0 Å². The lowest BCUT2D eigenvalue weighted by molar-refractivity contribution is -0.137. The first-order valence-electron chi connectivity index (χ1n) is 9.08. The predicted molar refractivity (Wildman–Crippen MR) is 91.7 cm³/mol. The monoisotopic (exact) mass is 343 g/mol. The number of nitrogens with two attached hydrogens (primary N) is 1. The first kappa shape index (κ1) is 16.3. The summed E-state index contributed by atoms with van der Waals surface area (Å²) in [4.78, 5) is 19.4. The maximum Gasteiger partial charge on any atom is 0.226 e. The van der Waals surface area contributed by atoms with E-state index < -0.39 is 0 Å². The molecule has 1 atom stereocenters. The van der Waals surface area contributed by atoms with Crippen LogP contribution in [-0.4, -0.2) is 49.3 Å². The highest BCUT2D eigenvalue weighted by Crippen LogP contribution is 2.30. The fourth-order valence-corrected chi connectivity index (χ4v) is 4.05. The molecule has 1 amide bonds. The Kier molecular flexibility index (Phi) is 4.29. The van der Waals surface area contributed by atoms with Crippen LogP contribution in [0, 0.1) is 12.8 Å². The number of hydrogen-bond donors (Lipinski definition) is 3. The van der Waals surface area contributed by atoms with E-state index in [4.69, 9.17) is 5.73 Å². The van der Waals surface area contributed by atoms with Crippen molar-refractivity contribution in [1.82, 2.24) is 30.3 Å². The molecule has 1 fully saturated rings. The first-order chi connectivity index (χ1) is 12.2. The third-order valence-electron chi connectivity index (χ3n) is 5.60.